The summed E-state index contributed by atoms with van der Waals surface area (Å²) >= 11 is 0. The molecular weight excluding hydrogens is 164 g/mol. The fraction of sp³-hybridized carbons (Fsp3) is 0.100. The van der Waals surface area contributed by atoms with Crippen LogP contribution in [0.1, 0.15) is 6.42 Å². The highest BCUT2D eigenvalue weighted by Crippen LogP contribution is 2.13. The molecule has 0 fully saturated rings. The van der Waals surface area contributed by atoms with E-state index in [9.17, 15) is 4.79 Å². The molecular formula is C10H10N2O. The van der Waals surface area contributed by atoms with E-state index in [0.717, 1.165) is 5.69 Å². The number of hydrogen-bond donors (Lipinski definition) is 1. The van der Waals surface area contributed by atoms with E-state index in [0.29, 0.717) is 6.42 Å². The molecule has 1 aromatic rings. The van der Waals surface area contributed by atoms with Crippen LogP contribution in [-0.2, 0) is 4.79 Å². The third kappa shape index (κ3) is 1.69. The van der Waals surface area contributed by atoms with Crippen LogP contribution in [-0.4, -0.2) is 5.91 Å². The third-order valence-electron chi connectivity index (χ3n) is 1.84. The number of anilines is 1. The van der Waals surface area contributed by atoms with Gasteiger partial charge < -0.3 is 0 Å². The normalized spacial score (nSPS) is 15.7. The van der Waals surface area contributed by atoms with E-state index in [1.165, 1.54) is 0 Å². The van der Waals surface area contributed by atoms with Gasteiger partial charge in [0.1, 0.15) is 0 Å². The van der Waals surface area contributed by atoms with Crippen molar-refractivity contribution < 1.29 is 4.79 Å². The fourth-order valence-corrected chi connectivity index (χ4v) is 1.22. The number of para-hydroxylation sites is 1. The summed E-state index contributed by atoms with van der Waals surface area (Å²) in [5, 5.41) is 1.71. The van der Waals surface area contributed by atoms with Crippen LogP contribution in [0.4, 0.5) is 5.69 Å². The molecule has 1 N–H and O–H groups in total. The predicted octanol–water partition coefficient (Wildman–Crippen LogP) is 1.44. The largest absolute Gasteiger partial charge is 0.273 e. The van der Waals surface area contributed by atoms with Crippen molar-refractivity contribution in [2.45, 2.75) is 6.42 Å². The number of nitrogens with zero attached hydrogens (tertiary/aromatic N) is 1. The van der Waals surface area contributed by atoms with Crippen molar-refractivity contribution in [2.24, 2.45) is 0 Å². The molecule has 0 unspecified atom stereocenters. The van der Waals surface area contributed by atoms with Crippen LogP contribution >= 0.6 is 0 Å². The Balaban J connectivity index is 2.22. The molecule has 0 atom stereocenters. The first-order valence-corrected chi connectivity index (χ1v) is 4.17. The van der Waals surface area contributed by atoms with Gasteiger partial charge >= 0.3 is 0 Å². The highest BCUT2D eigenvalue weighted by atomic mass is 16.2. The van der Waals surface area contributed by atoms with E-state index >= 15 is 0 Å². The highest BCUT2D eigenvalue weighted by Gasteiger charge is 2.09. The van der Waals surface area contributed by atoms with Crippen LogP contribution < -0.4 is 10.4 Å². The summed E-state index contributed by atoms with van der Waals surface area (Å²) < 4.78 is 0. The van der Waals surface area contributed by atoms with Gasteiger partial charge in [-0.1, -0.05) is 24.3 Å². The number of carbonyl (C=O) groups excluding carboxylic acids is 1. The minimum Gasteiger partial charge on any atom is -0.273 e. The van der Waals surface area contributed by atoms with Crippen LogP contribution in [0.15, 0.2) is 42.6 Å². The lowest BCUT2D eigenvalue weighted by molar-refractivity contribution is -0.120. The zero-order valence-electron chi connectivity index (χ0n) is 7.10. The molecule has 0 radical (unpaired) electrons. The van der Waals surface area contributed by atoms with E-state index in [-0.39, 0.29) is 5.91 Å². The van der Waals surface area contributed by atoms with Crippen molar-refractivity contribution in [3.8, 4) is 0 Å². The summed E-state index contributed by atoms with van der Waals surface area (Å²) in [7, 11) is 0. The second-order valence-electron chi connectivity index (χ2n) is 2.83. The van der Waals surface area contributed by atoms with Crippen molar-refractivity contribution in [2.75, 3.05) is 5.01 Å². The highest BCUT2D eigenvalue weighted by molar-refractivity contribution is 5.81. The molecule has 0 saturated heterocycles. The molecule has 66 valence electrons. The summed E-state index contributed by atoms with van der Waals surface area (Å²) in [6, 6.07) is 9.69. The average molecular weight is 174 g/mol. The van der Waals surface area contributed by atoms with E-state index in [1.807, 2.05) is 42.6 Å². The topological polar surface area (TPSA) is 32.3 Å². The summed E-state index contributed by atoms with van der Waals surface area (Å²) in [6.45, 7) is 0. The van der Waals surface area contributed by atoms with Crippen LogP contribution in [0, 0.1) is 0 Å². The van der Waals surface area contributed by atoms with Gasteiger partial charge in [0.05, 0.1) is 5.69 Å². The Hall–Kier alpha value is -1.77. The number of rotatable bonds is 1. The van der Waals surface area contributed by atoms with E-state index in [4.69, 9.17) is 0 Å². The zero-order chi connectivity index (χ0) is 9.10. The van der Waals surface area contributed by atoms with Crippen LogP contribution in [0.2, 0.25) is 0 Å². The molecule has 1 aromatic carbocycles. The number of hydrazine groups is 1. The van der Waals surface area contributed by atoms with Gasteiger partial charge in [-0.05, 0) is 12.1 Å². The van der Waals surface area contributed by atoms with Gasteiger partial charge in [0.2, 0.25) is 5.91 Å². The smallest absolute Gasteiger partial charge is 0.242 e. The molecule has 0 saturated carbocycles. The predicted molar refractivity (Wildman–Crippen MR) is 50.8 cm³/mol. The van der Waals surface area contributed by atoms with Gasteiger partial charge in [-0.25, -0.2) is 0 Å². The maximum Gasteiger partial charge on any atom is 0.242 e. The van der Waals surface area contributed by atoms with Crippen molar-refractivity contribution in [1.29, 1.82) is 0 Å². The maximum atomic E-state index is 11.0. The van der Waals surface area contributed by atoms with Crippen LogP contribution in [0.5, 0.6) is 0 Å². The van der Waals surface area contributed by atoms with Crippen molar-refractivity contribution >= 4 is 11.6 Å². The first-order chi connectivity index (χ1) is 6.36. The number of nitrogens with one attached hydrogen (secondary N) is 1. The first kappa shape index (κ1) is 7.86. The minimum atomic E-state index is 0.0198. The molecule has 0 bridgehead atoms. The van der Waals surface area contributed by atoms with Gasteiger partial charge in [-0.15, -0.1) is 0 Å². The van der Waals surface area contributed by atoms with Gasteiger partial charge in [0.25, 0.3) is 0 Å². The van der Waals surface area contributed by atoms with Gasteiger partial charge in [0, 0.05) is 12.6 Å². The Bertz CT molecular complexity index is 332. The number of hydrogen-bond acceptors (Lipinski definition) is 2. The lowest BCUT2D eigenvalue weighted by Gasteiger charge is -2.23. The Morgan fingerprint density at radius 1 is 1.23 bits per heavy atom. The van der Waals surface area contributed by atoms with Crippen LogP contribution in [0.3, 0.4) is 0 Å². The monoisotopic (exact) mass is 174 g/mol. The third-order valence-corrected chi connectivity index (χ3v) is 1.84. The molecule has 3 nitrogen and oxygen atoms in total. The van der Waals surface area contributed by atoms with Crippen molar-refractivity contribution in [3.05, 3.63) is 42.6 Å². The SMILES string of the molecule is O=C1CC=CN(c2ccccc2)N1. The van der Waals surface area contributed by atoms with Crippen LogP contribution in [0.25, 0.3) is 0 Å². The fourth-order valence-electron chi connectivity index (χ4n) is 1.22. The Kier molecular flexibility index (Phi) is 2.00. The maximum absolute atomic E-state index is 11.0. The quantitative estimate of drug-likeness (QED) is 0.698. The molecule has 1 aliphatic rings. The Morgan fingerprint density at radius 2 is 2.00 bits per heavy atom. The number of carbonyl (C=O) groups is 1. The molecule has 0 spiro atoms. The second-order valence-corrected chi connectivity index (χ2v) is 2.83. The minimum absolute atomic E-state index is 0.0198. The summed E-state index contributed by atoms with van der Waals surface area (Å²) in [5.41, 5.74) is 3.70. The number of amides is 1. The second kappa shape index (κ2) is 3.31. The lowest BCUT2D eigenvalue weighted by Crippen LogP contribution is -2.40. The number of benzene rings is 1. The molecule has 0 aromatic heterocycles. The summed E-state index contributed by atoms with van der Waals surface area (Å²) in [5.74, 6) is 0.0198. The average Bonchev–Trinajstić information content (AvgIpc) is 2.19. The first-order valence-electron chi connectivity index (χ1n) is 4.17. The van der Waals surface area contributed by atoms with Gasteiger partial charge in [0.15, 0.2) is 0 Å². The van der Waals surface area contributed by atoms with Crippen molar-refractivity contribution in [1.82, 2.24) is 5.43 Å². The summed E-state index contributed by atoms with van der Waals surface area (Å²) in [4.78, 5) is 11.0. The van der Waals surface area contributed by atoms with Gasteiger partial charge in [-0.3, -0.25) is 15.2 Å². The molecule has 1 amide bonds. The van der Waals surface area contributed by atoms with Crippen molar-refractivity contribution in [3.63, 3.8) is 0 Å². The van der Waals surface area contributed by atoms with E-state index < -0.39 is 0 Å². The van der Waals surface area contributed by atoms with Gasteiger partial charge in [-0.2, -0.15) is 0 Å². The zero-order valence-corrected chi connectivity index (χ0v) is 7.10. The van der Waals surface area contributed by atoms with E-state index in [2.05, 4.69) is 5.43 Å². The standard InChI is InChI=1S/C10H10N2O/c13-10-7-4-8-12(11-10)9-5-2-1-3-6-9/h1-6,8H,7H2,(H,11,13). The van der Waals surface area contributed by atoms with E-state index in [1.54, 1.807) is 5.01 Å². The molecule has 0 aliphatic carbocycles. The molecule has 2 rings (SSSR count). The molecule has 1 aliphatic heterocycles. The summed E-state index contributed by atoms with van der Waals surface area (Å²) in [6.07, 6.45) is 4.16. The Labute approximate surface area is 76.6 Å². The molecule has 1 heterocycles. The molecule has 13 heavy (non-hydrogen) atoms. The Morgan fingerprint density at radius 3 is 2.69 bits per heavy atom. The molecule has 3 heteroatoms. The lowest BCUT2D eigenvalue weighted by atomic mass is 10.3.